The van der Waals surface area contributed by atoms with Crippen LogP contribution in [0.4, 0.5) is 5.69 Å². The van der Waals surface area contributed by atoms with E-state index in [9.17, 15) is 0 Å². The normalized spacial score (nSPS) is 14.2. The highest BCUT2D eigenvalue weighted by molar-refractivity contribution is 5.66. The molecule has 0 aliphatic rings. The van der Waals surface area contributed by atoms with Gasteiger partial charge in [-0.15, -0.1) is 0 Å². The largest absolute Gasteiger partial charge is 0.398 e. The second-order valence-corrected chi connectivity index (χ2v) is 4.96. The molecule has 5 heteroatoms. The number of hydrogen-bond acceptors (Lipinski definition) is 5. The van der Waals surface area contributed by atoms with Crippen molar-refractivity contribution in [2.24, 2.45) is 0 Å². The van der Waals surface area contributed by atoms with Gasteiger partial charge in [0.2, 0.25) is 5.82 Å². The third-order valence-corrected chi connectivity index (χ3v) is 3.64. The first kappa shape index (κ1) is 14.5. The Balaban J connectivity index is 2.40. The second-order valence-electron chi connectivity index (χ2n) is 4.96. The first-order chi connectivity index (χ1) is 9.51. The molecule has 20 heavy (non-hydrogen) atoms. The summed E-state index contributed by atoms with van der Waals surface area (Å²) in [6.45, 7) is 8.51. The van der Waals surface area contributed by atoms with Crippen LogP contribution in [0, 0.1) is 6.92 Å². The van der Waals surface area contributed by atoms with E-state index in [1.807, 2.05) is 45.9 Å². The molecule has 5 nitrogen and oxygen atoms in total. The third-order valence-electron chi connectivity index (χ3n) is 3.64. The Morgan fingerprint density at radius 3 is 2.75 bits per heavy atom. The van der Waals surface area contributed by atoms with Gasteiger partial charge in [0.15, 0.2) is 0 Å². The van der Waals surface area contributed by atoms with Gasteiger partial charge in [-0.2, -0.15) is 4.98 Å². The Labute approximate surface area is 119 Å². The number of benzene rings is 1. The van der Waals surface area contributed by atoms with Crippen molar-refractivity contribution in [3.8, 4) is 11.5 Å². The number of nitrogens with zero attached hydrogens (tertiary/aromatic N) is 2. The smallest absolute Gasteiger partial charge is 0.258 e. The van der Waals surface area contributed by atoms with Gasteiger partial charge in [-0.3, -0.25) is 0 Å². The molecule has 1 heterocycles. The monoisotopic (exact) mass is 275 g/mol. The van der Waals surface area contributed by atoms with Crippen LogP contribution < -0.4 is 5.73 Å². The predicted molar refractivity (Wildman–Crippen MR) is 78.2 cm³/mol. The molecule has 2 N–H and O–H groups in total. The highest BCUT2D eigenvalue weighted by atomic mass is 16.5. The molecule has 108 valence electrons. The van der Waals surface area contributed by atoms with Gasteiger partial charge in [0.05, 0.1) is 0 Å². The van der Waals surface area contributed by atoms with Crippen molar-refractivity contribution in [3.05, 3.63) is 29.6 Å². The van der Waals surface area contributed by atoms with Crippen LogP contribution in [0.3, 0.4) is 0 Å². The molecular formula is C15H21N3O2. The van der Waals surface area contributed by atoms with Crippen LogP contribution in [0.25, 0.3) is 11.5 Å². The van der Waals surface area contributed by atoms with Crippen molar-refractivity contribution in [1.82, 2.24) is 10.1 Å². The molecule has 0 saturated carbocycles. The zero-order valence-corrected chi connectivity index (χ0v) is 12.4. The molecule has 0 amide bonds. The van der Waals surface area contributed by atoms with Crippen LogP contribution >= 0.6 is 0 Å². The molecule has 2 aromatic rings. The van der Waals surface area contributed by atoms with Crippen LogP contribution in [0.2, 0.25) is 0 Å². The summed E-state index contributed by atoms with van der Waals surface area (Å²) in [5.74, 6) is 1.04. The minimum absolute atomic E-state index is 0.476. The number of nitrogens with two attached hydrogens (primary N) is 1. The molecule has 1 aromatic carbocycles. The van der Waals surface area contributed by atoms with E-state index in [0.717, 1.165) is 17.5 Å². The van der Waals surface area contributed by atoms with Crippen LogP contribution in [0.1, 0.15) is 38.6 Å². The van der Waals surface area contributed by atoms with Crippen molar-refractivity contribution in [1.29, 1.82) is 0 Å². The standard InChI is InChI=1S/C15H21N3O2/c1-5-15(4,19-6-2)14-17-13(20-18-14)11-8-7-9-12(16)10(11)3/h7-9H,5-6,16H2,1-4H3. The van der Waals surface area contributed by atoms with E-state index in [2.05, 4.69) is 10.1 Å². The van der Waals surface area contributed by atoms with Crippen molar-refractivity contribution in [2.75, 3.05) is 12.3 Å². The molecule has 0 radical (unpaired) electrons. The summed E-state index contributed by atoms with van der Waals surface area (Å²) in [7, 11) is 0. The summed E-state index contributed by atoms with van der Waals surface area (Å²) in [5.41, 5.74) is 7.90. The summed E-state index contributed by atoms with van der Waals surface area (Å²) < 4.78 is 11.1. The quantitative estimate of drug-likeness (QED) is 0.847. The molecule has 1 unspecified atom stereocenters. The van der Waals surface area contributed by atoms with E-state index in [1.54, 1.807) is 0 Å². The molecule has 0 saturated heterocycles. The fourth-order valence-electron chi connectivity index (χ4n) is 2.08. The summed E-state index contributed by atoms with van der Waals surface area (Å²) in [6.07, 6.45) is 0.774. The molecule has 0 aliphatic carbocycles. The highest BCUT2D eigenvalue weighted by Gasteiger charge is 2.31. The lowest BCUT2D eigenvalue weighted by atomic mass is 10.0. The van der Waals surface area contributed by atoms with E-state index in [-0.39, 0.29) is 0 Å². The van der Waals surface area contributed by atoms with Gasteiger partial charge in [0.25, 0.3) is 5.89 Å². The number of anilines is 1. The molecule has 0 fully saturated rings. The van der Waals surface area contributed by atoms with Crippen LogP contribution in [-0.2, 0) is 10.3 Å². The van der Waals surface area contributed by atoms with Gasteiger partial charge >= 0.3 is 0 Å². The maximum absolute atomic E-state index is 5.91. The minimum Gasteiger partial charge on any atom is -0.398 e. The fraction of sp³-hybridized carbons (Fsp3) is 0.467. The lowest BCUT2D eigenvalue weighted by Gasteiger charge is -2.23. The fourth-order valence-corrected chi connectivity index (χ4v) is 2.08. The van der Waals surface area contributed by atoms with E-state index in [1.165, 1.54) is 0 Å². The Hall–Kier alpha value is -1.88. The Morgan fingerprint density at radius 2 is 2.10 bits per heavy atom. The zero-order chi connectivity index (χ0) is 14.8. The van der Waals surface area contributed by atoms with Gasteiger partial charge < -0.3 is 15.0 Å². The summed E-state index contributed by atoms with van der Waals surface area (Å²) in [4.78, 5) is 4.49. The van der Waals surface area contributed by atoms with Gasteiger partial charge in [-0.25, -0.2) is 0 Å². The Bertz CT molecular complexity index is 595. The van der Waals surface area contributed by atoms with E-state index in [4.69, 9.17) is 15.0 Å². The minimum atomic E-state index is -0.523. The first-order valence-corrected chi connectivity index (χ1v) is 6.85. The molecule has 1 aromatic heterocycles. The van der Waals surface area contributed by atoms with Gasteiger partial charge in [-0.1, -0.05) is 18.1 Å². The molecule has 0 aliphatic heterocycles. The SMILES string of the molecule is CCOC(C)(CC)c1noc(-c2cccc(N)c2C)n1. The van der Waals surface area contributed by atoms with E-state index < -0.39 is 5.60 Å². The topological polar surface area (TPSA) is 74.2 Å². The summed E-state index contributed by atoms with van der Waals surface area (Å²) >= 11 is 0. The van der Waals surface area contributed by atoms with E-state index in [0.29, 0.717) is 24.0 Å². The highest BCUT2D eigenvalue weighted by Crippen LogP contribution is 2.30. The average Bonchev–Trinajstić information content (AvgIpc) is 2.92. The Kier molecular flexibility index (Phi) is 4.09. The van der Waals surface area contributed by atoms with Crippen LogP contribution in [0.15, 0.2) is 22.7 Å². The number of hydrogen-bond donors (Lipinski definition) is 1. The van der Waals surface area contributed by atoms with Crippen molar-refractivity contribution in [2.45, 2.75) is 39.7 Å². The number of nitrogen functional groups attached to an aromatic ring is 1. The van der Waals surface area contributed by atoms with Gasteiger partial charge in [-0.05, 0) is 44.9 Å². The van der Waals surface area contributed by atoms with Crippen molar-refractivity contribution >= 4 is 5.69 Å². The lowest BCUT2D eigenvalue weighted by Crippen LogP contribution is -2.26. The average molecular weight is 275 g/mol. The first-order valence-electron chi connectivity index (χ1n) is 6.85. The molecular weight excluding hydrogens is 254 g/mol. The van der Waals surface area contributed by atoms with Crippen molar-refractivity contribution in [3.63, 3.8) is 0 Å². The van der Waals surface area contributed by atoms with Crippen molar-refractivity contribution < 1.29 is 9.26 Å². The predicted octanol–water partition coefficient (Wildman–Crippen LogP) is 3.29. The van der Waals surface area contributed by atoms with Crippen LogP contribution in [0.5, 0.6) is 0 Å². The molecule has 1 atom stereocenters. The maximum atomic E-state index is 5.91. The zero-order valence-electron chi connectivity index (χ0n) is 12.4. The number of aromatic nitrogens is 2. The van der Waals surface area contributed by atoms with Crippen LogP contribution in [-0.4, -0.2) is 16.7 Å². The van der Waals surface area contributed by atoms with Gasteiger partial charge in [0, 0.05) is 17.9 Å². The third kappa shape index (κ3) is 2.54. The lowest BCUT2D eigenvalue weighted by molar-refractivity contribution is -0.0403. The maximum Gasteiger partial charge on any atom is 0.258 e. The summed E-state index contributed by atoms with van der Waals surface area (Å²) in [5, 5.41) is 4.07. The van der Waals surface area contributed by atoms with E-state index >= 15 is 0 Å². The number of rotatable bonds is 5. The van der Waals surface area contributed by atoms with Gasteiger partial charge in [0.1, 0.15) is 5.60 Å². The Morgan fingerprint density at radius 1 is 1.35 bits per heavy atom. The molecule has 0 spiro atoms. The molecule has 0 bridgehead atoms. The summed E-state index contributed by atoms with van der Waals surface area (Å²) in [6, 6.07) is 5.66. The molecule has 2 rings (SSSR count). The number of ether oxygens (including phenoxy) is 1. The second kappa shape index (κ2) is 5.63.